The minimum Gasteiger partial charge on any atom is -0.390 e. The fourth-order valence-electron chi connectivity index (χ4n) is 1.17. The van der Waals surface area contributed by atoms with Crippen LogP contribution in [0.1, 0.15) is 23.7 Å². The molecule has 1 aromatic rings. The van der Waals surface area contributed by atoms with E-state index in [9.17, 15) is 10.2 Å². The molecule has 0 spiro atoms. The van der Waals surface area contributed by atoms with Crippen LogP contribution in [0.3, 0.4) is 0 Å². The first-order chi connectivity index (χ1) is 7.19. The van der Waals surface area contributed by atoms with Gasteiger partial charge in [-0.25, -0.2) is 0 Å². The highest BCUT2D eigenvalue weighted by atomic mass is 35.5. The number of rotatable bonds is 4. The molecule has 1 rings (SSSR count). The van der Waals surface area contributed by atoms with Crippen molar-refractivity contribution in [3.8, 4) is 6.07 Å². The number of aliphatic hydroxyl groups is 2. The van der Waals surface area contributed by atoms with E-state index in [-0.39, 0.29) is 5.88 Å². The Hall–Kier alpha value is -1.15. The molecule has 0 aromatic carbocycles. The first-order valence-corrected chi connectivity index (χ1v) is 4.99. The van der Waals surface area contributed by atoms with E-state index >= 15 is 0 Å². The molecule has 5 heteroatoms. The first kappa shape index (κ1) is 11.9. The lowest BCUT2D eigenvalue weighted by Crippen LogP contribution is -2.18. The Morgan fingerprint density at radius 2 is 2.20 bits per heavy atom. The second-order valence-corrected chi connectivity index (χ2v) is 3.49. The van der Waals surface area contributed by atoms with Gasteiger partial charge in [-0.15, -0.1) is 11.6 Å². The van der Waals surface area contributed by atoms with E-state index in [1.165, 1.54) is 18.5 Å². The lowest BCUT2D eigenvalue weighted by atomic mass is 10.0. The molecule has 15 heavy (non-hydrogen) atoms. The average Bonchev–Trinajstić information content (AvgIpc) is 2.28. The molecule has 0 aliphatic heterocycles. The molecular formula is C10H11ClN2O2. The van der Waals surface area contributed by atoms with Crippen molar-refractivity contribution in [1.29, 1.82) is 5.26 Å². The number of aliphatic hydroxyl groups excluding tert-OH is 2. The second kappa shape index (κ2) is 5.66. The Morgan fingerprint density at radius 1 is 1.47 bits per heavy atom. The van der Waals surface area contributed by atoms with Gasteiger partial charge in [0.05, 0.1) is 11.7 Å². The van der Waals surface area contributed by atoms with Gasteiger partial charge in [-0.05, 0) is 12.5 Å². The standard InChI is InChI=1S/C10H11ClN2O2/c11-2-1-9(14)10(15)8-3-7(4-12)5-13-6-8/h3,5-6,9-10,14-15H,1-2H2. The van der Waals surface area contributed by atoms with Gasteiger partial charge in [0.15, 0.2) is 0 Å². The summed E-state index contributed by atoms with van der Waals surface area (Å²) in [6.07, 6.45) is 1.12. The summed E-state index contributed by atoms with van der Waals surface area (Å²) in [5.74, 6) is 0.267. The van der Waals surface area contributed by atoms with E-state index in [0.29, 0.717) is 17.5 Å². The Kier molecular flexibility index (Phi) is 4.50. The van der Waals surface area contributed by atoms with E-state index < -0.39 is 12.2 Å². The summed E-state index contributed by atoms with van der Waals surface area (Å²) >= 11 is 5.45. The number of nitriles is 1. The summed E-state index contributed by atoms with van der Waals surface area (Å²) in [6.45, 7) is 0. The van der Waals surface area contributed by atoms with E-state index in [1.807, 2.05) is 6.07 Å². The van der Waals surface area contributed by atoms with Gasteiger partial charge in [0.2, 0.25) is 0 Å². The number of pyridine rings is 1. The Morgan fingerprint density at radius 3 is 2.80 bits per heavy atom. The van der Waals surface area contributed by atoms with Crippen molar-refractivity contribution in [3.63, 3.8) is 0 Å². The van der Waals surface area contributed by atoms with Crippen LogP contribution in [-0.2, 0) is 0 Å². The van der Waals surface area contributed by atoms with Crippen molar-refractivity contribution in [2.75, 3.05) is 5.88 Å². The summed E-state index contributed by atoms with van der Waals surface area (Å²) in [6, 6.07) is 3.41. The molecule has 1 heterocycles. The summed E-state index contributed by atoms with van der Waals surface area (Å²) < 4.78 is 0. The minimum atomic E-state index is -1.05. The summed E-state index contributed by atoms with van der Waals surface area (Å²) in [5, 5.41) is 27.8. The van der Waals surface area contributed by atoms with Crippen LogP contribution in [0.4, 0.5) is 0 Å². The third-order valence-corrected chi connectivity index (χ3v) is 2.22. The molecule has 4 nitrogen and oxygen atoms in total. The van der Waals surface area contributed by atoms with Gasteiger partial charge >= 0.3 is 0 Å². The summed E-state index contributed by atoms with van der Waals surface area (Å²) in [7, 11) is 0. The predicted molar refractivity (Wildman–Crippen MR) is 55.3 cm³/mol. The molecule has 0 radical (unpaired) electrons. The Balaban J connectivity index is 2.82. The fraction of sp³-hybridized carbons (Fsp3) is 0.400. The van der Waals surface area contributed by atoms with Gasteiger partial charge in [0, 0.05) is 23.8 Å². The van der Waals surface area contributed by atoms with Crippen molar-refractivity contribution >= 4 is 11.6 Å². The highest BCUT2D eigenvalue weighted by molar-refractivity contribution is 6.17. The van der Waals surface area contributed by atoms with Crippen LogP contribution < -0.4 is 0 Å². The predicted octanol–water partition coefficient (Wildman–Crippen LogP) is 0.976. The van der Waals surface area contributed by atoms with Crippen molar-refractivity contribution in [3.05, 3.63) is 29.6 Å². The summed E-state index contributed by atoms with van der Waals surface area (Å²) in [5.41, 5.74) is 0.774. The highest BCUT2D eigenvalue weighted by Gasteiger charge is 2.18. The zero-order valence-corrected chi connectivity index (χ0v) is 8.72. The van der Waals surface area contributed by atoms with Gasteiger partial charge < -0.3 is 10.2 Å². The van der Waals surface area contributed by atoms with E-state index in [2.05, 4.69) is 4.98 Å². The zero-order chi connectivity index (χ0) is 11.3. The molecule has 0 amide bonds. The quantitative estimate of drug-likeness (QED) is 0.751. The number of hydrogen-bond acceptors (Lipinski definition) is 4. The molecule has 2 unspecified atom stereocenters. The van der Waals surface area contributed by atoms with Gasteiger partial charge in [-0.3, -0.25) is 4.98 Å². The SMILES string of the molecule is N#Cc1cncc(C(O)C(O)CCCl)c1. The van der Waals surface area contributed by atoms with Crippen LogP contribution in [0.2, 0.25) is 0 Å². The third-order valence-electron chi connectivity index (χ3n) is 2.00. The molecule has 0 saturated carbocycles. The molecular weight excluding hydrogens is 216 g/mol. The van der Waals surface area contributed by atoms with Gasteiger partial charge in [-0.2, -0.15) is 5.26 Å². The van der Waals surface area contributed by atoms with Gasteiger partial charge in [0.1, 0.15) is 12.2 Å². The smallest absolute Gasteiger partial charge is 0.106 e. The van der Waals surface area contributed by atoms with E-state index in [0.717, 1.165) is 0 Å². The number of aromatic nitrogens is 1. The first-order valence-electron chi connectivity index (χ1n) is 4.46. The lowest BCUT2D eigenvalue weighted by molar-refractivity contribution is 0.0168. The molecule has 2 atom stereocenters. The van der Waals surface area contributed by atoms with Gasteiger partial charge in [0.25, 0.3) is 0 Å². The highest BCUT2D eigenvalue weighted by Crippen LogP contribution is 2.19. The molecule has 0 bridgehead atoms. The largest absolute Gasteiger partial charge is 0.390 e. The number of alkyl halides is 1. The maximum atomic E-state index is 9.68. The molecule has 0 fully saturated rings. The maximum absolute atomic E-state index is 9.68. The van der Waals surface area contributed by atoms with E-state index in [4.69, 9.17) is 16.9 Å². The third kappa shape index (κ3) is 3.17. The van der Waals surface area contributed by atoms with Crippen LogP contribution in [0.5, 0.6) is 0 Å². The van der Waals surface area contributed by atoms with Crippen molar-refractivity contribution in [1.82, 2.24) is 4.98 Å². The average molecular weight is 227 g/mol. The van der Waals surface area contributed by atoms with Crippen LogP contribution >= 0.6 is 11.6 Å². The monoisotopic (exact) mass is 226 g/mol. The molecule has 2 N–H and O–H groups in total. The van der Waals surface area contributed by atoms with Gasteiger partial charge in [-0.1, -0.05) is 0 Å². The lowest BCUT2D eigenvalue weighted by Gasteiger charge is -2.16. The Bertz CT molecular complexity index is 365. The van der Waals surface area contributed by atoms with E-state index in [1.54, 1.807) is 0 Å². The second-order valence-electron chi connectivity index (χ2n) is 3.11. The number of halogens is 1. The van der Waals surface area contributed by atoms with Crippen LogP contribution in [-0.4, -0.2) is 27.2 Å². The van der Waals surface area contributed by atoms with Crippen LogP contribution in [0.15, 0.2) is 18.5 Å². The van der Waals surface area contributed by atoms with Crippen molar-refractivity contribution < 1.29 is 10.2 Å². The number of hydrogen-bond donors (Lipinski definition) is 2. The zero-order valence-electron chi connectivity index (χ0n) is 7.97. The molecule has 0 aliphatic rings. The molecule has 80 valence electrons. The summed E-state index contributed by atoms with van der Waals surface area (Å²) in [4.78, 5) is 3.79. The molecule has 0 aliphatic carbocycles. The van der Waals surface area contributed by atoms with Crippen LogP contribution in [0.25, 0.3) is 0 Å². The minimum absolute atomic E-state index is 0.267. The number of nitrogens with zero attached hydrogens (tertiary/aromatic N) is 2. The maximum Gasteiger partial charge on any atom is 0.106 e. The molecule has 1 aromatic heterocycles. The van der Waals surface area contributed by atoms with Crippen LogP contribution in [0, 0.1) is 11.3 Å². The Labute approximate surface area is 92.8 Å². The van der Waals surface area contributed by atoms with Crippen molar-refractivity contribution in [2.24, 2.45) is 0 Å². The normalized spacial score (nSPS) is 14.3. The van der Waals surface area contributed by atoms with Crippen molar-refractivity contribution in [2.45, 2.75) is 18.6 Å². The molecule has 0 saturated heterocycles. The fourth-order valence-corrected chi connectivity index (χ4v) is 1.40. The topological polar surface area (TPSA) is 77.1 Å².